The molecule has 0 amide bonds. The number of rotatable bonds is 2. The van der Waals surface area contributed by atoms with E-state index in [-0.39, 0.29) is 17.2 Å². The lowest BCUT2D eigenvalue weighted by Crippen LogP contribution is -2.14. The molecule has 0 saturated heterocycles. The van der Waals surface area contributed by atoms with Crippen LogP contribution in [0.5, 0.6) is 11.5 Å². The Hall–Kier alpha value is -3.15. The first-order valence-corrected chi connectivity index (χ1v) is 6.70. The van der Waals surface area contributed by atoms with Crippen LogP contribution >= 0.6 is 0 Å². The minimum absolute atomic E-state index is 0.0361. The second-order valence-corrected chi connectivity index (χ2v) is 5.24. The van der Waals surface area contributed by atoms with E-state index in [1.165, 1.54) is 12.1 Å². The molecular formula is C16H12N2O4. The highest BCUT2D eigenvalue weighted by molar-refractivity contribution is 5.83. The zero-order valence-electron chi connectivity index (χ0n) is 11.6. The van der Waals surface area contributed by atoms with E-state index < -0.39 is 5.63 Å². The molecule has 0 aliphatic carbocycles. The minimum Gasteiger partial charge on any atom is -0.508 e. The molecule has 0 aliphatic rings. The largest absolute Gasteiger partial charge is 0.508 e. The smallest absolute Gasteiger partial charge is 0.361 e. The van der Waals surface area contributed by atoms with E-state index in [2.05, 4.69) is 5.43 Å². The number of phenolic OH excluding ortho intramolecular Hbond substituents is 2. The van der Waals surface area contributed by atoms with Crippen molar-refractivity contribution in [3.63, 3.8) is 0 Å². The predicted molar refractivity (Wildman–Crippen MR) is 82.7 cm³/mol. The number of aromatic hydroxyl groups is 2. The molecule has 3 N–H and O–H groups in total. The summed E-state index contributed by atoms with van der Waals surface area (Å²) in [6.45, 7) is 1.92. The summed E-state index contributed by atoms with van der Waals surface area (Å²) in [5.74, 6) is 0.192. The van der Waals surface area contributed by atoms with Gasteiger partial charge in [0.2, 0.25) is 0 Å². The average Bonchev–Trinajstić information content (AvgIpc) is 2.92. The van der Waals surface area contributed by atoms with Gasteiger partial charge in [0.15, 0.2) is 0 Å². The third kappa shape index (κ3) is 1.70. The molecule has 0 fully saturated rings. The van der Waals surface area contributed by atoms with Crippen molar-refractivity contribution in [1.82, 2.24) is 4.68 Å². The maximum absolute atomic E-state index is 12.1. The number of phenols is 2. The Morgan fingerprint density at radius 1 is 1.09 bits per heavy atom. The van der Waals surface area contributed by atoms with Gasteiger partial charge >= 0.3 is 5.63 Å². The van der Waals surface area contributed by atoms with Gasteiger partial charge in [0.05, 0.1) is 5.52 Å². The van der Waals surface area contributed by atoms with Crippen LogP contribution in [0.2, 0.25) is 0 Å². The monoisotopic (exact) mass is 296 g/mol. The van der Waals surface area contributed by atoms with Crippen molar-refractivity contribution in [2.24, 2.45) is 0 Å². The van der Waals surface area contributed by atoms with Crippen LogP contribution in [-0.2, 0) is 0 Å². The highest BCUT2D eigenvalue weighted by Gasteiger charge is 2.15. The standard InChI is InChI=1S/C16H12N2O4/c1-8-4-13-14(20)7-12(8)18(13)17-11-5-9-2-3-10(19)6-15(9)22-16(11)21/h2-7,17,19-20H,1H3. The maximum atomic E-state index is 12.1. The van der Waals surface area contributed by atoms with E-state index in [1.54, 1.807) is 22.9 Å². The average molecular weight is 296 g/mol. The molecule has 0 aliphatic heterocycles. The molecule has 0 saturated carbocycles. The molecule has 1 aromatic carbocycles. The lowest BCUT2D eigenvalue weighted by Gasteiger charge is -2.08. The van der Waals surface area contributed by atoms with Gasteiger partial charge in [-0.05, 0) is 36.8 Å². The van der Waals surface area contributed by atoms with Gasteiger partial charge in [0.25, 0.3) is 0 Å². The van der Waals surface area contributed by atoms with Gasteiger partial charge in [0.1, 0.15) is 28.3 Å². The second kappa shape index (κ2) is 4.17. The topological polar surface area (TPSA) is 87.6 Å². The molecule has 3 aromatic heterocycles. The van der Waals surface area contributed by atoms with Gasteiger partial charge in [-0.15, -0.1) is 0 Å². The van der Waals surface area contributed by atoms with Crippen LogP contribution in [-0.4, -0.2) is 14.9 Å². The Morgan fingerprint density at radius 3 is 2.64 bits per heavy atom. The minimum atomic E-state index is -0.553. The zero-order chi connectivity index (χ0) is 15.4. The van der Waals surface area contributed by atoms with Gasteiger partial charge in [-0.1, -0.05) is 0 Å². The highest BCUT2D eigenvalue weighted by Crippen LogP contribution is 2.31. The normalized spacial score (nSPS) is 11.5. The van der Waals surface area contributed by atoms with Crippen LogP contribution in [0.15, 0.2) is 45.6 Å². The fourth-order valence-electron chi connectivity index (χ4n) is 2.64. The Balaban J connectivity index is 1.86. The third-order valence-electron chi connectivity index (χ3n) is 3.73. The van der Waals surface area contributed by atoms with Crippen LogP contribution in [0.1, 0.15) is 5.56 Å². The SMILES string of the molecule is Cc1cc2c(O)cc1n2Nc1cc2ccc(O)cc2oc1=O. The van der Waals surface area contributed by atoms with Crippen LogP contribution in [0, 0.1) is 6.92 Å². The molecule has 4 rings (SSSR count). The molecule has 0 radical (unpaired) electrons. The van der Waals surface area contributed by atoms with Crippen molar-refractivity contribution in [3.05, 3.63) is 52.4 Å². The molecular weight excluding hydrogens is 284 g/mol. The Morgan fingerprint density at radius 2 is 1.91 bits per heavy atom. The number of benzene rings is 2. The van der Waals surface area contributed by atoms with Crippen molar-refractivity contribution < 1.29 is 14.6 Å². The van der Waals surface area contributed by atoms with Gasteiger partial charge < -0.3 is 14.6 Å². The Labute approximate surface area is 124 Å². The van der Waals surface area contributed by atoms with Crippen LogP contribution in [0.3, 0.4) is 0 Å². The van der Waals surface area contributed by atoms with Crippen LogP contribution < -0.4 is 11.1 Å². The molecule has 0 atom stereocenters. The predicted octanol–water partition coefficient (Wildman–Crippen LogP) is 2.78. The fraction of sp³-hybridized carbons (Fsp3) is 0.0625. The number of nitrogens with zero attached hydrogens (tertiary/aromatic N) is 1. The van der Waals surface area contributed by atoms with Crippen molar-refractivity contribution >= 4 is 27.7 Å². The van der Waals surface area contributed by atoms with Gasteiger partial charge in [-0.25, -0.2) is 4.79 Å². The number of anilines is 1. The maximum Gasteiger partial charge on any atom is 0.361 e. The number of aryl methyl sites for hydroxylation is 1. The summed E-state index contributed by atoms with van der Waals surface area (Å²) in [6, 6.07) is 9.69. The number of aromatic nitrogens is 1. The van der Waals surface area contributed by atoms with E-state index >= 15 is 0 Å². The molecule has 2 bridgehead atoms. The van der Waals surface area contributed by atoms with Crippen LogP contribution in [0.4, 0.5) is 5.69 Å². The molecule has 3 heterocycles. The van der Waals surface area contributed by atoms with E-state index in [0.29, 0.717) is 16.5 Å². The quantitative estimate of drug-likeness (QED) is 0.495. The van der Waals surface area contributed by atoms with E-state index in [4.69, 9.17) is 4.42 Å². The molecule has 0 spiro atoms. The first-order valence-electron chi connectivity index (χ1n) is 6.70. The lowest BCUT2D eigenvalue weighted by molar-refractivity contribution is 0.473. The first kappa shape index (κ1) is 12.6. The molecule has 22 heavy (non-hydrogen) atoms. The van der Waals surface area contributed by atoms with Gasteiger partial charge in [-0.2, -0.15) is 0 Å². The van der Waals surface area contributed by atoms with Crippen molar-refractivity contribution in [2.45, 2.75) is 6.92 Å². The van der Waals surface area contributed by atoms with Crippen molar-refractivity contribution in [3.8, 4) is 11.5 Å². The summed E-state index contributed by atoms with van der Waals surface area (Å²) in [6.07, 6.45) is 0. The summed E-state index contributed by atoms with van der Waals surface area (Å²) in [4.78, 5) is 12.1. The van der Waals surface area contributed by atoms with Crippen molar-refractivity contribution in [2.75, 3.05) is 5.43 Å². The molecule has 6 heteroatoms. The highest BCUT2D eigenvalue weighted by atomic mass is 16.4. The third-order valence-corrected chi connectivity index (χ3v) is 3.73. The fourth-order valence-corrected chi connectivity index (χ4v) is 2.64. The second-order valence-electron chi connectivity index (χ2n) is 5.24. The number of hydrogen-bond acceptors (Lipinski definition) is 5. The summed E-state index contributed by atoms with van der Waals surface area (Å²) in [7, 11) is 0. The van der Waals surface area contributed by atoms with Gasteiger partial charge in [0, 0.05) is 17.5 Å². The summed E-state index contributed by atoms with van der Waals surface area (Å²) in [5, 5.41) is 19.9. The zero-order valence-corrected chi connectivity index (χ0v) is 11.6. The summed E-state index contributed by atoms with van der Waals surface area (Å²) in [5.41, 5.74) is 5.36. The van der Waals surface area contributed by atoms with Crippen molar-refractivity contribution in [1.29, 1.82) is 0 Å². The molecule has 110 valence electrons. The van der Waals surface area contributed by atoms with Gasteiger partial charge in [-0.3, -0.25) is 10.1 Å². The Kier molecular flexibility index (Phi) is 2.39. The van der Waals surface area contributed by atoms with E-state index in [9.17, 15) is 15.0 Å². The number of fused-ring (bicyclic) bond motifs is 3. The lowest BCUT2D eigenvalue weighted by atomic mass is 10.2. The molecule has 0 unspecified atom stereocenters. The molecule has 6 nitrogen and oxygen atoms in total. The first-order chi connectivity index (χ1) is 10.5. The molecule has 4 aromatic rings. The summed E-state index contributed by atoms with van der Waals surface area (Å²) >= 11 is 0. The van der Waals surface area contributed by atoms with E-state index in [0.717, 1.165) is 11.1 Å². The Bertz CT molecular complexity index is 1030. The number of hydrogen-bond donors (Lipinski definition) is 3. The summed E-state index contributed by atoms with van der Waals surface area (Å²) < 4.78 is 6.85. The van der Waals surface area contributed by atoms with E-state index in [1.807, 2.05) is 13.0 Å². The van der Waals surface area contributed by atoms with Crippen LogP contribution in [0.25, 0.3) is 22.0 Å². The number of nitrogens with one attached hydrogen (secondary N) is 1.